The second kappa shape index (κ2) is 8.06. The van der Waals surface area contributed by atoms with E-state index < -0.39 is 45.2 Å². The lowest BCUT2D eigenvalue weighted by atomic mass is 9.56. The third-order valence-corrected chi connectivity index (χ3v) is 10.6. The lowest BCUT2D eigenvalue weighted by Gasteiger charge is -2.50. The third kappa shape index (κ3) is 2.87. The van der Waals surface area contributed by atoms with Gasteiger partial charge in [0.25, 0.3) is 11.8 Å². The van der Waals surface area contributed by atoms with Crippen LogP contribution in [0.4, 0.5) is 0 Å². The highest BCUT2D eigenvalue weighted by atomic mass is 35.5. The molecular formula is C27H28Cl2N2O5. The van der Waals surface area contributed by atoms with Crippen LogP contribution < -0.4 is 0 Å². The number of aromatic hydroxyl groups is 1. The van der Waals surface area contributed by atoms with Crippen LogP contribution in [0.3, 0.4) is 0 Å². The minimum atomic E-state index is -1.87. The van der Waals surface area contributed by atoms with Gasteiger partial charge in [-0.05, 0) is 37.7 Å². The minimum Gasteiger partial charge on any atom is -0.508 e. The number of hydrogen-bond acceptors (Lipinski definition) is 5. The molecule has 2 heterocycles. The Morgan fingerprint density at radius 2 is 1.64 bits per heavy atom. The third-order valence-electron chi connectivity index (χ3n) is 9.24. The van der Waals surface area contributed by atoms with Crippen LogP contribution in [0.5, 0.6) is 5.75 Å². The summed E-state index contributed by atoms with van der Waals surface area (Å²) in [5.74, 6) is -4.35. The summed E-state index contributed by atoms with van der Waals surface area (Å²) in [6, 6.07) is 6.46. The Bertz CT molecular complexity index is 1230. The van der Waals surface area contributed by atoms with E-state index in [1.165, 1.54) is 18.0 Å². The topological polar surface area (TPSA) is 95.0 Å². The van der Waals surface area contributed by atoms with E-state index in [0.717, 1.165) is 37.0 Å². The highest BCUT2D eigenvalue weighted by Gasteiger charge is 2.76. The number of phenols is 1. The molecule has 1 aromatic rings. The van der Waals surface area contributed by atoms with E-state index in [9.17, 15) is 24.3 Å². The molecule has 0 unspecified atom stereocenters. The van der Waals surface area contributed by atoms with E-state index in [1.54, 1.807) is 18.2 Å². The molecule has 7 nitrogen and oxygen atoms in total. The number of carbonyl (C=O) groups excluding carboxylic acids is 4. The van der Waals surface area contributed by atoms with Gasteiger partial charge in [-0.1, -0.05) is 49.1 Å². The number of carbonyl (C=O) groups is 4. The fourth-order valence-electron chi connectivity index (χ4n) is 7.54. The number of likely N-dealkylation sites (tertiary alicyclic amines) is 2. The van der Waals surface area contributed by atoms with Crippen LogP contribution in [0.25, 0.3) is 0 Å². The summed E-state index contributed by atoms with van der Waals surface area (Å²) in [7, 11) is 1.36. The second-order valence-electron chi connectivity index (χ2n) is 10.9. The molecule has 9 heteroatoms. The first kappa shape index (κ1) is 24.0. The zero-order valence-corrected chi connectivity index (χ0v) is 21.5. The Balaban J connectivity index is 1.50. The van der Waals surface area contributed by atoms with Gasteiger partial charge in [0.2, 0.25) is 11.8 Å². The van der Waals surface area contributed by atoms with Gasteiger partial charge in [-0.25, -0.2) is 0 Å². The summed E-state index contributed by atoms with van der Waals surface area (Å²) < 4.78 is 0. The number of phenolic OH excluding ortho intramolecular Hbond substituents is 1. The number of para-hydroxylation sites is 1. The van der Waals surface area contributed by atoms with E-state index in [-0.39, 0.29) is 30.0 Å². The SMILES string of the molecule is CN1C(=O)[C@]2(Cl)C[C@@H]3C(=CC[C@@H]4C(=O)N(C5CCCCC5)C(=O)[C@@H]43)[C@H](c3ccccc3O)[C@]2(Cl)C1=O. The number of allylic oxidation sites excluding steroid dienone is 2. The minimum absolute atomic E-state index is 0.0262. The van der Waals surface area contributed by atoms with E-state index in [0.29, 0.717) is 17.6 Å². The monoisotopic (exact) mass is 530 g/mol. The molecule has 0 aromatic heterocycles. The van der Waals surface area contributed by atoms with Crippen molar-refractivity contribution in [2.75, 3.05) is 7.05 Å². The Morgan fingerprint density at radius 1 is 0.944 bits per heavy atom. The number of rotatable bonds is 2. The molecule has 4 fully saturated rings. The smallest absolute Gasteiger partial charge is 0.253 e. The molecule has 3 aliphatic carbocycles. The van der Waals surface area contributed by atoms with Crippen LogP contribution in [0, 0.1) is 17.8 Å². The summed E-state index contributed by atoms with van der Waals surface area (Å²) >= 11 is 14.2. The largest absolute Gasteiger partial charge is 0.508 e. The van der Waals surface area contributed by atoms with Gasteiger partial charge in [0.15, 0.2) is 9.75 Å². The van der Waals surface area contributed by atoms with Gasteiger partial charge in [-0.15, -0.1) is 23.2 Å². The summed E-state index contributed by atoms with van der Waals surface area (Å²) in [6.07, 6.45) is 6.91. The fraction of sp³-hybridized carbons (Fsp3) is 0.556. The summed E-state index contributed by atoms with van der Waals surface area (Å²) in [5, 5.41) is 10.8. The standard InChI is InChI=1S/C27H28Cl2N2O5/c1-30-24(35)26(28)13-18-15(21(27(26,29)25(30)36)16-9-5-6-10-19(16)32)11-12-17-20(18)23(34)31(22(17)33)14-7-3-2-4-8-14/h5-6,9-11,14,17-18,20-21,32H,2-4,7-8,12-13H2,1H3/t17-,18+,20-,21+,26+,27-/m0/s1. The lowest BCUT2D eigenvalue weighted by Crippen LogP contribution is -2.60. The van der Waals surface area contributed by atoms with Crippen molar-refractivity contribution < 1.29 is 24.3 Å². The van der Waals surface area contributed by atoms with Gasteiger partial charge in [0, 0.05) is 24.6 Å². The number of alkyl halides is 2. The first-order chi connectivity index (χ1) is 17.1. The van der Waals surface area contributed by atoms with E-state index in [2.05, 4.69) is 0 Å². The van der Waals surface area contributed by atoms with Gasteiger partial charge in [-0.2, -0.15) is 0 Å². The molecule has 190 valence electrons. The normalized spacial score (nSPS) is 38.7. The number of imide groups is 2. The van der Waals surface area contributed by atoms with Crippen molar-refractivity contribution in [2.45, 2.75) is 66.7 Å². The van der Waals surface area contributed by atoms with Gasteiger partial charge < -0.3 is 5.11 Å². The second-order valence-corrected chi connectivity index (χ2v) is 12.1. The summed E-state index contributed by atoms with van der Waals surface area (Å²) in [5.41, 5.74) is 1.08. The van der Waals surface area contributed by atoms with Crippen LogP contribution in [-0.2, 0) is 19.2 Å². The summed E-state index contributed by atoms with van der Waals surface area (Å²) in [4.78, 5) is 53.1. The van der Waals surface area contributed by atoms with E-state index in [4.69, 9.17) is 23.2 Å². The van der Waals surface area contributed by atoms with Crippen molar-refractivity contribution in [2.24, 2.45) is 17.8 Å². The molecule has 0 bridgehead atoms. The maximum absolute atomic E-state index is 13.9. The van der Waals surface area contributed by atoms with Crippen molar-refractivity contribution in [3.63, 3.8) is 0 Å². The Morgan fingerprint density at radius 3 is 2.33 bits per heavy atom. The molecule has 2 saturated heterocycles. The van der Waals surface area contributed by atoms with Crippen LogP contribution in [0.15, 0.2) is 35.9 Å². The number of amides is 4. The maximum atomic E-state index is 13.9. The van der Waals surface area contributed by atoms with Gasteiger partial charge in [0.05, 0.1) is 11.8 Å². The van der Waals surface area contributed by atoms with E-state index >= 15 is 0 Å². The molecule has 2 saturated carbocycles. The first-order valence-corrected chi connectivity index (χ1v) is 13.4. The number of fused-ring (bicyclic) bond motifs is 4. The van der Waals surface area contributed by atoms with Crippen LogP contribution in [0.2, 0.25) is 0 Å². The van der Waals surface area contributed by atoms with Crippen molar-refractivity contribution in [3.8, 4) is 5.75 Å². The maximum Gasteiger partial charge on any atom is 0.253 e. The highest BCUT2D eigenvalue weighted by Crippen LogP contribution is 2.66. The zero-order valence-electron chi connectivity index (χ0n) is 20.0. The Labute approximate surface area is 219 Å². The van der Waals surface area contributed by atoms with Crippen LogP contribution in [-0.4, -0.2) is 61.4 Å². The molecule has 6 rings (SSSR count). The zero-order chi connectivity index (χ0) is 25.6. The first-order valence-electron chi connectivity index (χ1n) is 12.7. The number of hydrogen-bond donors (Lipinski definition) is 1. The Kier molecular flexibility index (Phi) is 5.37. The average Bonchev–Trinajstić information content (AvgIpc) is 3.20. The molecule has 1 aromatic carbocycles. The van der Waals surface area contributed by atoms with Crippen LogP contribution in [0.1, 0.15) is 56.4 Å². The molecule has 5 aliphatic rings. The van der Waals surface area contributed by atoms with E-state index in [1.807, 2.05) is 6.08 Å². The molecule has 36 heavy (non-hydrogen) atoms. The lowest BCUT2D eigenvalue weighted by molar-refractivity contribution is -0.144. The van der Waals surface area contributed by atoms with Crippen molar-refractivity contribution in [1.82, 2.24) is 9.80 Å². The average molecular weight is 531 g/mol. The number of halogens is 2. The fourth-order valence-corrected chi connectivity index (χ4v) is 8.56. The molecule has 6 atom stereocenters. The van der Waals surface area contributed by atoms with Crippen molar-refractivity contribution >= 4 is 46.8 Å². The highest BCUT2D eigenvalue weighted by molar-refractivity contribution is 6.53. The van der Waals surface area contributed by atoms with Crippen molar-refractivity contribution in [3.05, 3.63) is 41.5 Å². The van der Waals surface area contributed by atoms with Gasteiger partial charge in [0.1, 0.15) is 5.75 Å². The molecule has 1 N–H and O–H groups in total. The predicted molar refractivity (Wildman–Crippen MR) is 132 cm³/mol. The van der Waals surface area contributed by atoms with Gasteiger partial charge >= 0.3 is 0 Å². The van der Waals surface area contributed by atoms with Crippen LogP contribution >= 0.6 is 23.2 Å². The predicted octanol–water partition coefficient (Wildman–Crippen LogP) is 3.71. The number of nitrogens with zero attached hydrogens (tertiary/aromatic N) is 2. The molecule has 4 amide bonds. The van der Waals surface area contributed by atoms with Crippen molar-refractivity contribution in [1.29, 1.82) is 0 Å². The number of benzene rings is 1. The molecular weight excluding hydrogens is 503 g/mol. The molecule has 0 spiro atoms. The Hall–Kier alpha value is -2.38. The molecule has 0 radical (unpaired) electrons. The molecule has 2 aliphatic heterocycles. The quantitative estimate of drug-likeness (QED) is 0.357. The van der Waals surface area contributed by atoms with Gasteiger partial charge in [-0.3, -0.25) is 29.0 Å². The summed E-state index contributed by atoms with van der Waals surface area (Å²) in [6.45, 7) is 0.